The minimum atomic E-state index is 1.33. The summed E-state index contributed by atoms with van der Waals surface area (Å²) < 4.78 is 0. The monoisotopic (exact) mass is 844 g/mol. The van der Waals surface area contributed by atoms with Crippen LogP contribution < -0.4 is 0 Å². The summed E-state index contributed by atoms with van der Waals surface area (Å²) in [5, 5.41) is 55.7. The molecule has 0 aliphatic carbocycles. The van der Waals surface area contributed by atoms with E-state index in [0.717, 1.165) is 0 Å². The molecule has 0 heteroatoms. The number of hydrogen-bond donors (Lipinski definition) is 0. The summed E-state index contributed by atoms with van der Waals surface area (Å²) in [7, 11) is 0. The van der Waals surface area contributed by atoms with E-state index in [2.05, 4.69) is 170 Å². The predicted molar refractivity (Wildman–Crippen MR) is 297 cm³/mol. The van der Waals surface area contributed by atoms with E-state index in [0.29, 0.717) is 0 Å². The molecule has 0 saturated heterocycles. The van der Waals surface area contributed by atoms with Gasteiger partial charge in [0.05, 0.1) is 0 Å². The van der Waals surface area contributed by atoms with Crippen molar-refractivity contribution < 1.29 is 0 Å². The van der Waals surface area contributed by atoms with Gasteiger partial charge in [-0.3, -0.25) is 0 Å². The zero-order chi connectivity index (χ0) is 42.9. The van der Waals surface area contributed by atoms with E-state index < -0.39 is 0 Å². The first-order chi connectivity index (χ1) is 33.8. The molecule has 68 heavy (non-hydrogen) atoms. The zero-order valence-corrected chi connectivity index (χ0v) is 36.2. The Balaban J connectivity index is 1.32. The average molecular weight is 845 g/mol. The first-order valence-corrected chi connectivity index (χ1v) is 24.3. The van der Waals surface area contributed by atoms with Gasteiger partial charge in [0.1, 0.15) is 0 Å². The number of benzene rings is 17. The molecule has 21 rings (SSSR count). The Morgan fingerprint density at radius 3 is 0.485 bits per heavy atom. The lowest BCUT2D eigenvalue weighted by Gasteiger charge is -2.21. The summed E-state index contributed by atoms with van der Waals surface area (Å²) in [6.07, 6.45) is 0. The lowest BCUT2D eigenvalue weighted by Crippen LogP contribution is -1.91. The molecule has 0 fully saturated rings. The van der Waals surface area contributed by atoms with Gasteiger partial charge in [-0.15, -0.1) is 0 Å². The topological polar surface area (TPSA) is 0 Å². The van der Waals surface area contributed by atoms with Crippen LogP contribution in [0.5, 0.6) is 0 Å². The van der Waals surface area contributed by atoms with Crippen molar-refractivity contribution in [1.82, 2.24) is 0 Å². The SMILES string of the molecule is c1ccc2c(c1)c1cccc3c4cccc5c6cccc7c8cccc9c%10cccc%11c%12cccc%13c%14ccccc%14c%14c%15ccc%16c2c(c13)c1c(c45)c(c67)c2c(c98)c(c%11%10)c(c%14c%13%12)c3c%15c%16c1c32. The molecule has 21 aromatic rings. The van der Waals surface area contributed by atoms with Crippen LogP contribution in [0.2, 0.25) is 0 Å². The van der Waals surface area contributed by atoms with Crippen molar-refractivity contribution in [3.8, 4) is 0 Å². The molecular weight excluding hydrogens is 817 g/mol. The summed E-state index contributed by atoms with van der Waals surface area (Å²) in [4.78, 5) is 0. The van der Waals surface area contributed by atoms with Crippen LogP contribution in [0.15, 0.2) is 170 Å². The van der Waals surface area contributed by atoms with E-state index in [-0.39, 0.29) is 0 Å². The van der Waals surface area contributed by atoms with Crippen molar-refractivity contribution in [1.29, 1.82) is 0 Å². The van der Waals surface area contributed by atoms with Crippen LogP contribution in [0.3, 0.4) is 0 Å². The van der Waals surface area contributed by atoms with Gasteiger partial charge in [0.25, 0.3) is 0 Å². The van der Waals surface area contributed by atoms with Crippen molar-refractivity contribution in [2.45, 2.75) is 0 Å². The molecule has 0 aliphatic rings. The third-order valence-corrected chi connectivity index (χ3v) is 18.3. The Bertz CT molecular complexity index is 5530. The quantitative estimate of drug-likeness (QED) is 0.133. The molecular formula is C68H28. The lowest BCUT2D eigenvalue weighted by atomic mass is 9.81. The molecule has 300 valence electrons. The van der Waals surface area contributed by atoms with E-state index in [9.17, 15) is 0 Å². The molecule has 0 atom stereocenters. The van der Waals surface area contributed by atoms with Crippen LogP contribution in [0.1, 0.15) is 0 Å². The van der Waals surface area contributed by atoms with Gasteiger partial charge in [-0.1, -0.05) is 170 Å². The largest absolute Gasteiger partial charge is 0.0616 e. The van der Waals surface area contributed by atoms with Gasteiger partial charge in [-0.25, -0.2) is 0 Å². The number of hydrogen-bond acceptors (Lipinski definition) is 0. The Morgan fingerprint density at radius 2 is 0.235 bits per heavy atom. The molecule has 0 N–H and O–H groups in total. The van der Waals surface area contributed by atoms with Crippen LogP contribution in [-0.2, 0) is 0 Å². The average Bonchev–Trinajstić information content (AvgIpc) is 3.53. The smallest absolute Gasteiger partial charge is 0.000000761 e. The van der Waals surface area contributed by atoms with Crippen molar-refractivity contribution in [2.75, 3.05) is 0 Å². The predicted octanol–water partition coefficient (Wildman–Crippen LogP) is 19.7. The second kappa shape index (κ2) is 9.81. The minimum absolute atomic E-state index is 1.33. The summed E-state index contributed by atoms with van der Waals surface area (Å²) in [5.74, 6) is 0. The highest BCUT2D eigenvalue weighted by molar-refractivity contribution is 6.67. The highest BCUT2D eigenvalue weighted by Gasteiger charge is 2.36. The molecule has 0 radical (unpaired) electrons. The lowest BCUT2D eigenvalue weighted by molar-refractivity contribution is 1.82. The fourth-order valence-corrected chi connectivity index (χ4v) is 16.4. The normalized spacial score (nSPS) is 13.9. The van der Waals surface area contributed by atoms with E-state index in [4.69, 9.17) is 0 Å². The van der Waals surface area contributed by atoms with Crippen LogP contribution >= 0.6 is 0 Å². The third-order valence-electron chi connectivity index (χ3n) is 18.3. The van der Waals surface area contributed by atoms with Crippen LogP contribution in [0, 0.1) is 0 Å². The fourth-order valence-electron chi connectivity index (χ4n) is 16.4. The summed E-state index contributed by atoms with van der Waals surface area (Å²) in [5.41, 5.74) is 0. The van der Waals surface area contributed by atoms with E-state index in [1.807, 2.05) is 0 Å². The van der Waals surface area contributed by atoms with Gasteiger partial charge >= 0.3 is 0 Å². The molecule has 0 amide bonds. The van der Waals surface area contributed by atoms with E-state index >= 15 is 0 Å². The van der Waals surface area contributed by atoms with Crippen LogP contribution in [0.25, 0.3) is 215 Å². The second-order valence-corrected chi connectivity index (χ2v) is 20.6. The van der Waals surface area contributed by atoms with Gasteiger partial charge in [-0.05, 0) is 215 Å². The molecule has 0 heterocycles. The maximum Gasteiger partial charge on any atom is -0.000000761 e. The minimum Gasteiger partial charge on any atom is -0.0616 e. The van der Waals surface area contributed by atoms with Crippen LogP contribution in [0.4, 0.5) is 0 Å². The maximum absolute atomic E-state index is 2.55. The Labute approximate surface area is 383 Å². The zero-order valence-electron chi connectivity index (χ0n) is 36.2. The van der Waals surface area contributed by atoms with Crippen molar-refractivity contribution in [3.05, 3.63) is 170 Å². The standard InChI is InChI=1S/C68H28/c1-3-13-31-29(11-1)33-15-5-17-35-37-19-7-21-39-41-23-9-25-43-44-26-10-24-42-40-22-8-20-38-36-18-6-16-34-30-12-2-4-14-32(30)54-46-28-27-45-53(31)57(47(33)35)65-59(49(37)39)61(51(41)43)67-62(52(42)44)60(50(38)40)66(58(54)48(34)36)64-56(46)55(45)63(65)68(64)67/h1-28H. The molecule has 0 aliphatic heterocycles. The van der Waals surface area contributed by atoms with Crippen molar-refractivity contribution >= 4 is 215 Å². The van der Waals surface area contributed by atoms with Gasteiger partial charge in [0, 0.05) is 0 Å². The highest BCUT2D eigenvalue weighted by atomic mass is 14.4. The molecule has 0 spiro atoms. The highest BCUT2D eigenvalue weighted by Crippen LogP contribution is 2.65. The second-order valence-electron chi connectivity index (χ2n) is 20.6. The molecule has 0 bridgehead atoms. The molecule has 0 nitrogen and oxygen atoms in total. The Morgan fingerprint density at radius 1 is 0.0882 bits per heavy atom. The summed E-state index contributed by atoms with van der Waals surface area (Å²) in [6.45, 7) is 0. The van der Waals surface area contributed by atoms with Gasteiger partial charge in [0.2, 0.25) is 0 Å². The van der Waals surface area contributed by atoms with Gasteiger partial charge < -0.3 is 0 Å². The summed E-state index contributed by atoms with van der Waals surface area (Å²) >= 11 is 0. The van der Waals surface area contributed by atoms with Gasteiger partial charge in [0.15, 0.2) is 0 Å². The Kier molecular flexibility index (Phi) is 4.61. The first-order valence-electron chi connectivity index (χ1n) is 24.3. The molecule has 0 saturated carbocycles. The first kappa shape index (κ1) is 31.9. The van der Waals surface area contributed by atoms with Crippen molar-refractivity contribution in [2.24, 2.45) is 0 Å². The third kappa shape index (κ3) is 2.88. The summed E-state index contributed by atoms with van der Waals surface area (Å²) in [6, 6.07) is 67.0. The van der Waals surface area contributed by atoms with E-state index in [1.165, 1.54) is 215 Å². The number of rotatable bonds is 0. The fraction of sp³-hybridized carbons (Fsp3) is 0. The molecule has 0 unspecified atom stereocenters. The maximum atomic E-state index is 2.55. The number of fused-ring (bicyclic) bond motifs is 13. The van der Waals surface area contributed by atoms with Crippen molar-refractivity contribution in [3.63, 3.8) is 0 Å². The Hall–Kier alpha value is -8.84. The van der Waals surface area contributed by atoms with E-state index in [1.54, 1.807) is 0 Å². The molecule has 0 aromatic heterocycles. The van der Waals surface area contributed by atoms with Crippen LogP contribution in [-0.4, -0.2) is 0 Å². The molecule has 21 aromatic carbocycles. The van der Waals surface area contributed by atoms with Gasteiger partial charge in [-0.2, -0.15) is 0 Å².